The van der Waals surface area contributed by atoms with Crippen molar-refractivity contribution in [2.24, 2.45) is 0 Å². The molecule has 0 bridgehead atoms. The summed E-state index contributed by atoms with van der Waals surface area (Å²) in [5, 5.41) is 3.42. The molecule has 4 nitrogen and oxygen atoms in total. The number of nitrogens with two attached hydrogens (primary N) is 1. The van der Waals surface area contributed by atoms with Crippen molar-refractivity contribution in [1.29, 1.82) is 0 Å². The molecule has 100 valence electrons. The fraction of sp³-hybridized carbons (Fsp3) is 0.643. The van der Waals surface area contributed by atoms with Crippen molar-refractivity contribution < 1.29 is 0 Å². The van der Waals surface area contributed by atoms with Crippen LogP contribution in [-0.2, 0) is 0 Å². The predicted octanol–water partition coefficient (Wildman–Crippen LogP) is 2.26. The third-order valence-corrected chi connectivity index (χ3v) is 3.43. The lowest BCUT2D eigenvalue weighted by molar-refractivity contribution is 0.223. The van der Waals surface area contributed by atoms with Gasteiger partial charge in [-0.25, -0.2) is 4.98 Å². The van der Waals surface area contributed by atoms with Crippen molar-refractivity contribution in [2.45, 2.75) is 39.2 Å². The van der Waals surface area contributed by atoms with Crippen molar-refractivity contribution in [3.63, 3.8) is 0 Å². The maximum Gasteiger partial charge on any atom is 0.149 e. The first-order valence-corrected chi connectivity index (χ1v) is 6.87. The van der Waals surface area contributed by atoms with Gasteiger partial charge in [0.25, 0.3) is 0 Å². The third-order valence-electron chi connectivity index (χ3n) is 3.43. The van der Waals surface area contributed by atoms with Crippen molar-refractivity contribution in [1.82, 2.24) is 9.88 Å². The van der Waals surface area contributed by atoms with Gasteiger partial charge in [-0.3, -0.25) is 0 Å². The van der Waals surface area contributed by atoms with Crippen LogP contribution in [0.2, 0.25) is 0 Å². The van der Waals surface area contributed by atoms with Crippen molar-refractivity contribution in [2.75, 3.05) is 30.7 Å². The molecule has 2 heterocycles. The van der Waals surface area contributed by atoms with E-state index in [0.29, 0.717) is 6.04 Å². The van der Waals surface area contributed by atoms with Crippen molar-refractivity contribution in [3.05, 3.63) is 17.8 Å². The molecule has 1 aliphatic rings. The number of pyridine rings is 1. The number of nitrogen functional groups attached to an aromatic ring is 1. The Bertz CT molecular complexity index is 385. The largest absolute Gasteiger partial charge is 0.396 e. The highest BCUT2D eigenvalue weighted by Crippen LogP contribution is 2.17. The molecule has 0 saturated carbocycles. The summed E-state index contributed by atoms with van der Waals surface area (Å²) in [7, 11) is 0. The van der Waals surface area contributed by atoms with Crippen LogP contribution in [0.3, 0.4) is 0 Å². The van der Waals surface area contributed by atoms with E-state index in [1.807, 2.05) is 19.1 Å². The van der Waals surface area contributed by atoms with Crippen molar-refractivity contribution >= 4 is 11.5 Å². The van der Waals surface area contributed by atoms with Gasteiger partial charge < -0.3 is 16.0 Å². The van der Waals surface area contributed by atoms with E-state index in [9.17, 15) is 0 Å². The molecule has 0 amide bonds. The van der Waals surface area contributed by atoms with Crippen molar-refractivity contribution in [3.8, 4) is 0 Å². The molecule has 0 radical (unpaired) electrons. The lowest BCUT2D eigenvalue weighted by Crippen LogP contribution is -2.38. The van der Waals surface area contributed by atoms with E-state index >= 15 is 0 Å². The van der Waals surface area contributed by atoms with E-state index in [-0.39, 0.29) is 0 Å². The zero-order valence-electron chi connectivity index (χ0n) is 11.4. The Kier molecular flexibility index (Phi) is 4.42. The molecule has 1 aromatic heterocycles. The number of hydrogen-bond donors (Lipinski definition) is 2. The third kappa shape index (κ3) is 3.60. The number of aromatic nitrogens is 1. The summed E-state index contributed by atoms with van der Waals surface area (Å²) in [5.41, 5.74) is 7.66. The molecular weight excluding hydrogens is 224 g/mol. The summed E-state index contributed by atoms with van der Waals surface area (Å²) in [4.78, 5) is 6.97. The van der Waals surface area contributed by atoms with Gasteiger partial charge in [0.05, 0.1) is 5.69 Å². The van der Waals surface area contributed by atoms with Crippen LogP contribution in [-0.4, -0.2) is 35.6 Å². The second-order valence-electron chi connectivity index (χ2n) is 5.30. The Morgan fingerprint density at radius 2 is 2.06 bits per heavy atom. The maximum atomic E-state index is 5.93. The molecule has 18 heavy (non-hydrogen) atoms. The quantitative estimate of drug-likeness (QED) is 0.858. The fourth-order valence-electron chi connectivity index (χ4n) is 2.49. The average Bonchev–Trinajstić information content (AvgIpc) is 2.35. The van der Waals surface area contributed by atoms with Gasteiger partial charge in [-0.05, 0) is 51.9 Å². The summed E-state index contributed by atoms with van der Waals surface area (Å²) in [6.07, 6.45) is 4.04. The summed E-state index contributed by atoms with van der Waals surface area (Å²) < 4.78 is 0. The van der Waals surface area contributed by atoms with Gasteiger partial charge in [-0.15, -0.1) is 0 Å². The summed E-state index contributed by atoms with van der Waals surface area (Å²) >= 11 is 0. The molecule has 0 spiro atoms. The number of hydrogen-bond acceptors (Lipinski definition) is 4. The Morgan fingerprint density at radius 3 is 2.78 bits per heavy atom. The highest BCUT2D eigenvalue weighted by molar-refractivity contribution is 5.61. The highest BCUT2D eigenvalue weighted by Gasteiger charge is 2.14. The normalized spacial score (nSPS) is 18.6. The minimum atomic E-state index is 0.375. The molecule has 0 aliphatic carbocycles. The van der Waals surface area contributed by atoms with Crippen LogP contribution in [0.25, 0.3) is 0 Å². The Labute approximate surface area is 110 Å². The van der Waals surface area contributed by atoms with Crippen LogP contribution < -0.4 is 11.1 Å². The first-order chi connectivity index (χ1) is 8.65. The predicted molar refractivity (Wildman–Crippen MR) is 76.8 cm³/mol. The summed E-state index contributed by atoms with van der Waals surface area (Å²) in [5.74, 6) is 0.819. The second-order valence-corrected chi connectivity index (χ2v) is 5.30. The zero-order chi connectivity index (χ0) is 13.0. The lowest BCUT2D eigenvalue weighted by Gasteiger charge is -2.29. The van der Waals surface area contributed by atoms with Crippen LogP contribution in [0.5, 0.6) is 0 Å². The fourth-order valence-corrected chi connectivity index (χ4v) is 2.49. The Balaban J connectivity index is 1.89. The van der Waals surface area contributed by atoms with Gasteiger partial charge in [0.2, 0.25) is 0 Å². The zero-order valence-corrected chi connectivity index (χ0v) is 11.4. The van der Waals surface area contributed by atoms with Gasteiger partial charge >= 0.3 is 0 Å². The molecule has 1 atom stereocenters. The maximum absolute atomic E-state index is 5.93. The number of nitrogens with zero attached hydrogens (tertiary/aromatic N) is 2. The molecule has 4 heteroatoms. The topological polar surface area (TPSA) is 54.2 Å². The summed E-state index contributed by atoms with van der Waals surface area (Å²) in [6, 6.07) is 4.23. The van der Waals surface area contributed by atoms with Gasteiger partial charge in [0.15, 0.2) is 0 Å². The molecular formula is C14H24N4. The smallest absolute Gasteiger partial charge is 0.149 e. The lowest BCUT2D eigenvalue weighted by atomic mass is 10.1. The molecule has 0 aromatic carbocycles. The minimum absolute atomic E-state index is 0.375. The molecule has 1 fully saturated rings. The molecule has 1 unspecified atom stereocenters. The Morgan fingerprint density at radius 1 is 1.33 bits per heavy atom. The van der Waals surface area contributed by atoms with E-state index in [2.05, 4.69) is 22.1 Å². The highest BCUT2D eigenvalue weighted by atomic mass is 15.2. The molecule has 3 N–H and O–H groups in total. The number of piperidine rings is 1. The second kappa shape index (κ2) is 6.05. The van der Waals surface area contributed by atoms with Crippen LogP contribution in [0.15, 0.2) is 12.1 Å². The minimum Gasteiger partial charge on any atom is -0.396 e. The standard InChI is InChI=1S/C14H24N4/c1-11-6-7-13(15)14(16-11)17-12(2)10-18-8-4-3-5-9-18/h6-7,12H,3-5,8-10,15H2,1-2H3,(H,16,17). The molecule has 1 aliphatic heterocycles. The SMILES string of the molecule is Cc1ccc(N)c(NC(C)CN2CCCCC2)n1. The van der Waals surface area contributed by atoms with E-state index in [1.165, 1.54) is 32.4 Å². The number of rotatable bonds is 4. The van der Waals surface area contributed by atoms with Crippen LogP contribution in [0, 0.1) is 6.92 Å². The van der Waals surface area contributed by atoms with E-state index in [4.69, 9.17) is 5.73 Å². The van der Waals surface area contributed by atoms with Gasteiger partial charge in [-0.2, -0.15) is 0 Å². The number of nitrogens with one attached hydrogen (secondary N) is 1. The van der Waals surface area contributed by atoms with E-state index < -0.39 is 0 Å². The molecule has 1 saturated heterocycles. The number of anilines is 2. The van der Waals surface area contributed by atoms with Crippen LogP contribution in [0.4, 0.5) is 11.5 Å². The average molecular weight is 248 g/mol. The molecule has 2 rings (SSSR count). The van der Waals surface area contributed by atoms with Gasteiger partial charge in [0, 0.05) is 18.3 Å². The summed E-state index contributed by atoms with van der Waals surface area (Å²) in [6.45, 7) is 7.69. The first-order valence-electron chi connectivity index (χ1n) is 6.87. The van der Waals surface area contributed by atoms with Gasteiger partial charge in [-0.1, -0.05) is 6.42 Å². The van der Waals surface area contributed by atoms with Crippen LogP contribution >= 0.6 is 0 Å². The first kappa shape index (κ1) is 13.1. The monoisotopic (exact) mass is 248 g/mol. The molecule has 1 aromatic rings. The van der Waals surface area contributed by atoms with Gasteiger partial charge in [0.1, 0.15) is 5.82 Å². The van der Waals surface area contributed by atoms with E-state index in [0.717, 1.165) is 23.7 Å². The number of likely N-dealkylation sites (tertiary alicyclic amines) is 1. The Hall–Kier alpha value is -1.29. The van der Waals surface area contributed by atoms with E-state index in [1.54, 1.807) is 0 Å². The van der Waals surface area contributed by atoms with Crippen LogP contribution in [0.1, 0.15) is 31.9 Å². The number of aryl methyl sites for hydroxylation is 1.